The summed E-state index contributed by atoms with van der Waals surface area (Å²) in [5, 5.41) is 6.52. The molecule has 3 aromatic rings. The molecule has 234 valence electrons. The average molecular weight is 642 g/mol. The predicted molar refractivity (Wildman–Crippen MR) is 145 cm³/mol. The van der Waals surface area contributed by atoms with Crippen molar-refractivity contribution in [2.24, 2.45) is 11.3 Å². The molecule has 3 unspecified atom stereocenters. The van der Waals surface area contributed by atoms with Gasteiger partial charge in [-0.2, -0.15) is 26.3 Å². The van der Waals surface area contributed by atoms with Crippen LogP contribution < -0.4 is 10.6 Å². The number of carbonyl (C=O) groups is 3. The van der Waals surface area contributed by atoms with Gasteiger partial charge in [-0.3, -0.25) is 19.5 Å². The first-order chi connectivity index (χ1) is 20.5. The fraction of sp³-hybridized carbons (Fsp3) is 0.464. The highest BCUT2D eigenvalue weighted by Crippen LogP contribution is 2.69. The van der Waals surface area contributed by atoms with Gasteiger partial charge in [0.15, 0.2) is 0 Å². The van der Waals surface area contributed by atoms with E-state index in [0.717, 1.165) is 35.3 Å². The van der Waals surface area contributed by atoms with Crippen LogP contribution in [-0.4, -0.2) is 63.6 Å². The molecule has 0 bridgehead atoms. The Kier molecular flexibility index (Phi) is 6.78. The largest absolute Gasteiger partial charge is 0.490 e. The molecule has 3 fully saturated rings. The number of pyridine rings is 2. The van der Waals surface area contributed by atoms with E-state index >= 15 is 0 Å². The molecule has 2 aliphatic heterocycles. The first kappa shape index (κ1) is 30.2. The summed E-state index contributed by atoms with van der Waals surface area (Å²) in [5.74, 6) is -5.68. The fourth-order valence-corrected chi connectivity index (χ4v) is 7.41. The number of piperidine rings is 1. The summed E-state index contributed by atoms with van der Waals surface area (Å²) >= 11 is 1.08. The molecular weight excluding hydrogens is 616 g/mol. The third kappa shape index (κ3) is 4.60. The van der Waals surface area contributed by atoms with E-state index in [4.69, 9.17) is 0 Å². The van der Waals surface area contributed by atoms with E-state index in [9.17, 15) is 40.7 Å². The van der Waals surface area contributed by atoms with Gasteiger partial charge >= 0.3 is 18.3 Å². The number of nitrogens with one attached hydrogen (secondary N) is 2. The lowest BCUT2D eigenvalue weighted by Gasteiger charge is -2.24. The van der Waals surface area contributed by atoms with Crippen LogP contribution in [0.2, 0.25) is 0 Å². The molecule has 3 aromatic heterocycles. The second kappa shape index (κ2) is 9.86. The number of nitrogens with zero attached hydrogens (tertiary/aromatic N) is 3. The Morgan fingerprint density at radius 3 is 2.55 bits per heavy atom. The Morgan fingerprint density at radius 2 is 1.91 bits per heavy atom. The van der Waals surface area contributed by atoms with Crippen LogP contribution >= 0.6 is 11.3 Å². The summed E-state index contributed by atoms with van der Waals surface area (Å²) in [4.78, 5) is 47.5. The van der Waals surface area contributed by atoms with Crippen molar-refractivity contribution in [3.8, 4) is 11.1 Å². The number of alkyl halides is 6. The lowest BCUT2D eigenvalue weighted by atomic mass is 10.0. The summed E-state index contributed by atoms with van der Waals surface area (Å²) in [6.45, 7) is 5.26. The molecule has 5 heterocycles. The lowest BCUT2D eigenvalue weighted by molar-refractivity contribution is -0.209. The minimum absolute atomic E-state index is 0.0381. The van der Waals surface area contributed by atoms with Crippen LogP contribution in [-0.2, 0) is 31.8 Å². The molecular formula is C28H25F6N5O4S. The van der Waals surface area contributed by atoms with Gasteiger partial charge in [-0.25, -0.2) is 9.78 Å². The molecule has 2 amide bonds. The number of rotatable bonds is 6. The summed E-state index contributed by atoms with van der Waals surface area (Å²) in [6.07, 6.45) is -7.89. The molecule has 3 atom stereocenters. The van der Waals surface area contributed by atoms with Gasteiger partial charge in [-0.15, -0.1) is 11.3 Å². The van der Waals surface area contributed by atoms with Crippen molar-refractivity contribution in [3.05, 3.63) is 40.7 Å². The quantitative estimate of drug-likeness (QED) is 0.224. The topological polar surface area (TPSA) is 114 Å². The van der Waals surface area contributed by atoms with Crippen molar-refractivity contribution in [1.82, 2.24) is 20.2 Å². The Hall–Kier alpha value is -3.79. The minimum atomic E-state index is -5.36. The van der Waals surface area contributed by atoms with Crippen molar-refractivity contribution in [3.63, 3.8) is 0 Å². The molecule has 0 aromatic carbocycles. The highest BCUT2D eigenvalue weighted by atomic mass is 32.1. The van der Waals surface area contributed by atoms with E-state index in [0.29, 0.717) is 32.9 Å². The maximum Gasteiger partial charge on any atom is 0.490 e. The number of carbonyl (C=O) groups excluding carboxylic acids is 3. The number of aryl methyl sites for hydroxylation is 1. The lowest BCUT2D eigenvalue weighted by Crippen LogP contribution is -2.45. The summed E-state index contributed by atoms with van der Waals surface area (Å²) < 4.78 is 85.6. The smallest absolute Gasteiger partial charge is 0.441 e. The third-order valence-electron chi connectivity index (χ3n) is 8.53. The average Bonchev–Trinajstić information content (AvgIpc) is 3.42. The summed E-state index contributed by atoms with van der Waals surface area (Å²) in [6, 6.07) is 4.04. The minimum Gasteiger partial charge on any atom is -0.441 e. The maximum absolute atomic E-state index is 13.8. The zero-order chi connectivity index (χ0) is 32.0. The van der Waals surface area contributed by atoms with Crippen LogP contribution in [0.3, 0.4) is 0 Å². The number of aromatic nitrogens is 2. The zero-order valence-corrected chi connectivity index (χ0v) is 24.3. The Bertz CT molecular complexity index is 1710. The molecule has 3 aliphatic rings. The summed E-state index contributed by atoms with van der Waals surface area (Å²) in [7, 11) is 0. The molecule has 2 N–H and O–H groups in total. The first-order valence-corrected chi connectivity index (χ1v) is 14.4. The van der Waals surface area contributed by atoms with Crippen molar-refractivity contribution in [2.45, 2.75) is 57.7 Å². The second-order valence-corrected chi connectivity index (χ2v) is 12.8. The van der Waals surface area contributed by atoms with Gasteiger partial charge in [0.05, 0.1) is 34.1 Å². The van der Waals surface area contributed by atoms with Gasteiger partial charge in [-0.1, -0.05) is 13.8 Å². The van der Waals surface area contributed by atoms with E-state index in [-0.39, 0.29) is 23.8 Å². The van der Waals surface area contributed by atoms with Gasteiger partial charge in [0.1, 0.15) is 5.69 Å². The normalized spacial score (nSPS) is 24.6. The number of hydrogen-bond donors (Lipinski definition) is 2. The van der Waals surface area contributed by atoms with Gasteiger partial charge in [0.2, 0.25) is 11.5 Å². The Morgan fingerprint density at radius 1 is 1.18 bits per heavy atom. The second-order valence-electron chi connectivity index (χ2n) is 11.6. The number of amides is 2. The Labute approximate surface area is 250 Å². The van der Waals surface area contributed by atoms with Crippen LogP contribution in [0.15, 0.2) is 24.4 Å². The number of anilines is 1. The molecule has 0 spiro atoms. The number of esters is 1. The highest BCUT2D eigenvalue weighted by molar-refractivity contribution is 7.19. The van der Waals surface area contributed by atoms with E-state index in [1.807, 2.05) is 0 Å². The molecule has 44 heavy (non-hydrogen) atoms. The number of imide groups is 1. The number of hydrogen-bond acceptors (Lipinski definition) is 9. The summed E-state index contributed by atoms with van der Waals surface area (Å²) in [5.41, 5.74) is -3.07. The van der Waals surface area contributed by atoms with Crippen LogP contribution in [0.1, 0.15) is 36.5 Å². The van der Waals surface area contributed by atoms with Crippen molar-refractivity contribution >= 4 is 45.0 Å². The monoisotopic (exact) mass is 641 g/mol. The SMILES string of the molecule is Cc1nc(C(F)(F)F)cc(-c2ccnc3cc(CN4C(=O)C5C(C)(C)C5(OC(=O)C(F)(F)F)C4=O)sc23)c1NC1CCNC1. The molecule has 1 saturated carbocycles. The number of likely N-dealkylation sites (tertiary alicyclic amines) is 1. The standard InChI is InChI=1S/C28H25F6N5O4S/c1-12-19(38-13-4-6-35-10-13)16(9-18(37-12)27(29,30)31)15-5-7-36-17-8-14(44-20(15)17)11-39-22(40)21-25(2,3)26(21,23(39)41)43-24(42)28(32,33)34/h5,7-9,13,21,35,38H,4,6,10-11H2,1-3H3. The third-order valence-corrected chi connectivity index (χ3v) is 9.67. The van der Waals surface area contributed by atoms with E-state index in [2.05, 4.69) is 25.3 Å². The zero-order valence-electron chi connectivity index (χ0n) is 23.4. The maximum atomic E-state index is 13.8. The van der Waals surface area contributed by atoms with Crippen molar-refractivity contribution in [1.29, 1.82) is 0 Å². The first-order valence-electron chi connectivity index (χ1n) is 13.6. The number of thiophene rings is 1. The molecule has 9 nitrogen and oxygen atoms in total. The van der Waals surface area contributed by atoms with Crippen LogP contribution in [0.5, 0.6) is 0 Å². The van der Waals surface area contributed by atoms with E-state index in [1.54, 1.807) is 12.1 Å². The van der Waals surface area contributed by atoms with Crippen LogP contribution in [0.25, 0.3) is 21.3 Å². The van der Waals surface area contributed by atoms with Crippen LogP contribution in [0.4, 0.5) is 32.0 Å². The fourth-order valence-electron chi connectivity index (χ4n) is 6.28. The molecule has 2 saturated heterocycles. The van der Waals surface area contributed by atoms with Gasteiger partial charge in [0, 0.05) is 40.2 Å². The Balaban J connectivity index is 1.36. The van der Waals surface area contributed by atoms with Gasteiger partial charge in [-0.05, 0) is 38.1 Å². The number of ether oxygens (including phenoxy) is 1. The number of fused-ring (bicyclic) bond motifs is 2. The predicted octanol–water partition coefficient (Wildman–Crippen LogP) is 4.83. The molecule has 16 heteroatoms. The molecule has 1 aliphatic carbocycles. The van der Waals surface area contributed by atoms with Crippen molar-refractivity contribution in [2.75, 3.05) is 18.4 Å². The van der Waals surface area contributed by atoms with E-state index < -0.39 is 52.8 Å². The van der Waals surface area contributed by atoms with Gasteiger partial charge in [0.25, 0.3) is 5.91 Å². The van der Waals surface area contributed by atoms with Crippen molar-refractivity contribution < 1.29 is 45.5 Å². The number of halogens is 6. The highest BCUT2D eigenvalue weighted by Gasteiger charge is 2.88. The van der Waals surface area contributed by atoms with Gasteiger partial charge < -0.3 is 15.4 Å². The van der Waals surface area contributed by atoms with E-state index in [1.165, 1.54) is 27.0 Å². The molecule has 0 radical (unpaired) electrons. The molecule has 6 rings (SSSR count). The van der Waals surface area contributed by atoms with Crippen LogP contribution in [0, 0.1) is 18.3 Å².